The second-order valence-corrected chi connectivity index (χ2v) is 9.47. The Balaban J connectivity index is 1.38. The van der Waals surface area contributed by atoms with Crippen LogP contribution in [0.2, 0.25) is 0 Å². The number of aryl methyl sites for hydroxylation is 1. The molecule has 1 N–H and O–H groups in total. The van der Waals surface area contributed by atoms with E-state index in [9.17, 15) is 4.79 Å². The minimum Gasteiger partial charge on any atom is -0.347 e. The molecule has 0 saturated carbocycles. The lowest BCUT2D eigenvalue weighted by Crippen LogP contribution is -2.48. The number of aromatic nitrogens is 3. The van der Waals surface area contributed by atoms with Gasteiger partial charge in [-0.05, 0) is 25.1 Å². The molecule has 1 saturated heterocycles. The Morgan fingerprint density at radius 2 is 1.67 bits per heavy atom. The number of hydrogen-bond acceptors (Lipinski definition) is 6. The van der Waals surface area contributed by atoms with Gasteiger partial charge in [-0.1, -0.05) is 72.4 Å². The lowest BCUT2D eigenvalue weighted by atomic mass is 10.1. The number of carbonyl (C=O) groups excluding carboxylic acids is 1. The number of likely N-dealkylation sites (N-methyl/N-ethyl adjacent to an activating group) is 1. The smallest absolute Gasteiger partial charge is 0.231 e. The van der Waals surface area contributed by atoms with E-state index < -0.39 is 0 Å². The van der Waals surface area contributed by atoms with Gasteiger partial charge in [0.05, 0.1) is 18.3 Å². The van der Waals surface area contributed by atoms with Gasteiger partial charge in [0.2, 0.25) is 5.91 Å². The van der Waals surface area contributed by atoms with Gasteiger partial charge in [0.15, 0.2) is 5.16 Å². The van der Waals surface area contributed by atoms with Crippen LogP contribution in [-0.4, -0.2) is 76.0 Å². The number of thioether (sulfide) groups is 1. The lowest BCUT2D eigenvalue weighted by Gasteiger charge is -2.35. The summed E-state index contributed by atoms with van der Waals surface area (Å²) in [6.07, 6.45) is 0. The molecular weight excluding hydrogens is 432 g/mol. The third kappa shape index (κ3) is 6.66. The van der Waals surface area contributed by atoms with Crippen molar-refractivity contribution in [2.75, 3.05) is 45.5 Å². The highest BCUT2D eigenvalue weighted by Gasteiger charge is 2.22. The molecule has 1 aliphatic heterocycles. The fourth-order valence-corrected chi connectivity index (χ4v) is 4.79. The summed E-state index contributed by atoms with van der Waals surface area (Å²) in [7, 11) is 2.16. The van der Waals surface area contributed by atoms with Crippen molar-refractivity contribution in [1.82, 2.24) is 29.9 Å². The summed E-state index contributed by atoms with van der Waals surface area (Å²) in [4.78, 5) is 17.7. The number of amides is 1. The number of rotatable bonds is 9. The molecule has 1 atom stereocenters. The molecule has 7 nitrogen and oxygen atoms in total. The average Bonchev–Trinajstić information content (AvgIpc) is 3.19. The van der Waals surface area contributed by atoms with Gasteiger partial charge in [0.1, 0.15) is 5.82 Å². The van der Waals surface area contributed by atoms with Gasteiger partial charge in [0, 0.05) is 32.7 Å². The maximum Gasteiger partial charge on any atom is 0.231 e. The van der Waals surface area contributed by atoms with Crippen LogP contribution < -0.4 is 5.32 Å². The third-order valence-electron chi connectivity index (χ3n) is 5.99. The van der Waals surface area contributed by atoms with Gasteiger partial charge in [-0.15, -0.1) is 10.2 Å². The number of benzene rings is 2. The Labute approximate surface area is 200 Å². The highest BCUT2D eigenvalue weighted by molar-refractivity contribution is 7.99. The predicted molar refractivity (Wildman–Crippen MR) is 132 cm³/mol. The first-order valence-electron chi connectivity index (χ1n) is 11.4. The molecule has 33 heavy (non-hydrogen) atoms. The Hall–Kier alpha value is -2.68. The van der Waals surface area contributed by atoms with Crippen LogP contribution in [0.3, 0.4) is 0 Å². The lowest BCUT2D eigenvalue weighted by molar-refractivity contribution is -0.119. The molecule has 1 amide bonds. The molecule has 1 unspecified atom stereocenters. The zero-order chi connectivity index (χ0) is 23.0. The topological polar surface area (TPSA) is 66.3 Å². The number of hydrogen-bond donors (Lipinski definition) is 1. The minimum absolute atomic E-state index is 0.00916. The standard InChI is InChI=1S/C25H32N6OS/c1-20-27-28-25(31(20)17-21-9-5-3-6-10-21)33-19-24(32)26-23(22-11-7-4-8-12-22)18-30-15-13-29(2)14-16-30/h3-12,23H,13-19H2,1-2H3,(H,26,32). The van der Waals surface area contributed by atoms with Crippen molar-refractivity contribution in [2.45, 2.75) is 24.7 Å². The van der Waals surface area contributed by atoms with E-state index in [0.717, 1.165) is 49.3 Å². The fourth-order valence-electron chi connectivity index (χ4n) is 3.99. The molecule has 1 aromatic heterocycles. The van der Waals surface area contributed by atoms with Crippen molar-refractivity contribution in [3.8, 4) is 0 Å². The molecule has 1 fully saturated rings. The molecular formula is C25H32N6OS. The van der Waals surface area contributed by atoms with E-state index in [0.29, 0.717) is 12.3 Å². The average molecular weight is 465 g/mol. The molecule has 0 aliphatic carbocycles. The van der Waals surface area contributed by atoms with E-state index in [4.69, 9.17) is 0 Å². The number of nitrogens with zero attached hydrogens (tertiary/aromatic N) is 5. The monoisotopic (exact) mass is 464 g/mol. The molecule has 8 heteroatoms. The molecule has 0 radical (unpaired) electrons. The Morgan fingerprint density at radius 3 is 2.36 bits per heavy atom. The van der Waals surface area contributed by atoms with Gasteiger partial charge >= 0.3 is 0 Å². The van der Waals surface area contributed by atoms with Crippen molar-refractivity contribution in [1.29, 1.82) is 0 Å². The highest BCUT2D eigenvalue weighted by Crippen LogP contribution is 2.20. The maximum absolute atomic E-state index is 13.0. The van der Waals surface area contributed by atoms with Crippen LogP contribution in [0.4, 0.5) is 0 Å². The van der Waals surface area contributed by atoms with Gasteiger partial charge in [0.25, 0.3) is 0 Å². The molecule has 2 heterocycles. The van der Waals surface area contributed by atoms with Crippen LogP contribution in [0.1, 0.15) is 23.0 Å². The van der Waals surface area contributed by atoms with Crippen LogP contribution in [0.25, 0.3) is 0 Å². The normalized spacial score (nSPS) is 15.9. The molecule has 2 aromatic carbocycles. The first-order chi connectivity index (χ1) is 16.1. The first-order valence-corrected chi connectivity index (χ1v) is 12.4. The second kappa shape index (κ2) is 11.4. The summed E-state index contributed by atoms with van der Waals surface area (Å²) in [6, 6.07) is 20.5. The highest BCUT2D eigenvalue weighted by atomic mass is 32.2. The van der Waals surface area contributed by atoms with Crippen LogP contribution >= 0.6 is 11.8 Å². The van der Waals surface area contributed by atoms with Gasteiger partial charge < -0.3 is 14.8 Å². The maximum atomic E-state index is 13.0. The largest absolute Gasteiger partial charge is 0.347 e. The van der Waals surface area contributed by atoms with Crippen molar-refractivity contribution < 1.29 is 4.79 Å². The third-order valence-corrected chi connectivity index (χ3v) is 6.96. The Morgan fingerprint density at radius 1 is 1.00 bits per heavy atom. The van der Waals surface area contributed by atoms with Crippen molar-refractivity contribution in [2.24, 2.45) is 0 Å². The minimum atomic E-state index is -0.0355. The van der Waals surface area contributed by atoms with E-state index in [1.807, 2.05) is 43.3 Å². The Kier molecular flexibility index (Phi) is 8.15. The molecule has 4 rings (SSSR count). The zero-order valence-corrected chi connectivity index (χ0v) is 20.2. The van der Waals surface area contributed by atoms with Gasteiger partial charge in [-0.2, -0.15) is 0 Å². The predicted octanol–water partition coefficient (Wildman–Crippen LogP) is 2.83. The summed E-state index contributed by atoms with van der Waals surface area (Å²) in [5.74, 6) is 1.16. The molecule has 1 aliphatic rings. The number of piperazine rings is 1. The SMILES string of the molecule is Cc1nnc(SCC(=O)NC(CN2CCN(C)CC2)c2ccccc2)n1Cc1ccccc1. The summed E-state index contributed by atoms with van der Waals surface area (Å²) < 4.78 is 2.06. The van der Waals surface area contributed by atoms with E-state index in [1.54, 1.807) is 0 Å². The summed E-state index contributed by atoms with van der Waals surface area (Å²) in [5.41, 5.74) is 2.32. The first kappa shape index (κ1) is 23.5. The molecule has 174 valence electrons. The molecule has 3 aromatic rings. The molecule has 0 bridgehead atoms. The number of carbonyl (C=O) groups is 1. The number of nitrogens with one attached hydrogen (secondary N) is 1. The van der Waals surface area contributed by atoms with Crippen LogP contribution in [0.5, 0.6) is 0 Å². The zero-order valence-electron chi connectivity index (χ0n) is 19.4. The summed E-state index contributed by atoms with van der Waals surface area (Å²) in [6.45, 7) is 7.61. The van der Waals surface area contributed by atoms with E-state index in [2.05, 4.69) is 61.2 Å². The van der Waals surface area contributed by atoms with Crippen molar-refractivity contribution in [3.63, 3.8) is 0 Å². The quantitative estimate of drug-likeness (QED) is 0.491. The van der Waals surface area contributed by atoms with Crippen LogP contribution in [0.15, 0.2) is 65.8 Å². The van der Waals surface area contributed by atoms with Crippen LogP contribution in [-0.2, 0) is 11.3 Å². The fraction of sp³-hybridized carbons (Fsp3) is 0.400. The van der Waals surface area contributed by atoms with Crippen molar-refractivity contribution in [3.05, 3.63) is 77.6 Å². The second-order valence-electron chi connectivity index (χ2n) is 8.52. The van der Waals surface area contributed by atoms with E-state index in [-0.39, 0.29) is 11.9 Å². The van der Waals surface area contributed by atoms with Gasteiger partial charge in [-0.3, -0.25) is 9.69 Å². The van der Waals surface area contributed by atoms with Crippen molar-refractivity contribution >= 4 is 17.7 Å². The van der Waals surface area contributed by atoms with Gasteiger partial charge in [-0.25, -0.2) is 0 Å². The summed E-state index contributed by atoms with van der Waals surface area (Å²) in [5, 5.41) is 12.6. The summed E-state index contributed by atoms with van der Waals surface area (Å²) >= 11 is 1.44. The van der Waals surface area contributed by atoms with E-state index >= 15 is 0 Å². The van der Waals surface area contributed by atoms with Crippen LogP contribution in [0, 0.1) is 6.92 Å². The van der Waals surface area contributed by atoms with E-state index in [1.165, 1.54) is 17.3 Å². The molecule has 0 spiro atoms. The Bertz CT molecular complexity index is 1020.